The molecule has 2 aliphatic carbocycles. The van der Waals surface area contributed by atoms with Gasteiger partial charge in [-0.05, 0) is 43.2 Å². The summed E-state index contributed by atoms with van der Waals surface area (Å²) in [4.78, 5) is 29.3. The molecule has 164 valence electrons. The summed E-state index contributed by atoms with van der Waals surface area (Å²) in [5.41, 5.74) is 2.58. The van der Waals surface area contributed by atoms with E-state index in [4.69, 9.17) is 0 Å². The van der Waals surface area contributed by atoms with E-state index < -0.39 is 0 Å². The van der Waals surface area contributed by atoms with Gasteiger partial charge in [-0.2, -0.15) is 0 Å². The summed E-state index contributed by atoms with van der Waals surface area (Å²) < 4.78 is -0.195. The molecule has 0 radical (unpaired) electrons. The molecule has 0 amide bonds. The van der Waals surface area contributed by atoms with E-state index >= 15 is 0 Å². The molecule has 0 fully saturated rings. The highest BCUT2D eigenvalue weighted by atomic mass is 127. The largest absolute Gasteiger partial charge is 0.288 e. The maximum absolute atomic E-state index is 13.0. The molecule has 3 rings (SSSR count). The van der Waals surface area contributed by atoms with E-state index in [9.17, 15) is 9.59 Å². The normalized spacial score (nSPS) is 17.4. The lowest BCUT2D eigenvalue weighted by Gasteiger charge is -2.10. The van der Waals surface area contributed by atoms with E-state index in [2.05, 4.69) is 49.1 Å². The molecule has 0 unspecified atom stereocenters. The minimum Gasteiger partial charge on any atom is -0.288 e. The Morgan fingerprint density at radius 2 is 1.77 bits per heavy atom. The van der Waals surface area contributed by atoms with Gasteiger partial charge in [0, 0.05) is 25.8 Å². The van der Waals surface area contributed by atoms with Gasteiger partial charge < -0.3 is 0 Å². The van der Waals surface area contributed by atoms with Crippen LogP contribution in [0.2, 0.25) is 0 Å². The first-order valence-electron chi connectivity index (χ1n) is 10.8. The Balaban J connectivity index is 1.89. The number of hydrogen-bond acceptors (Lipinski definition) is 4. The number of aryl methyl sites for hydroxylation is 1. The summed E-state index contributed by atoms with van der Waals surface area (Å²) in [5.74, 6) is 0.636. The summed E-state index contributed by atoms with van der Waals surface area (Å²) in [5, 5.41) is 0. The zero-order valence-electron chi connectivity index (χ0n) is 18.4. The molecule has 31 heavy (non-hydrogen) atoms. The van der Waals surface area contributed by atoms with E-state index in [1.54, 1.807) is 29.2 Å². The van der Waals surface area contributed by atoms with E-state index in [0.29, 0.717) is 11.1 Å². The van der Waals surface area contributed by atoms with Crippen LogP contribution in [0.3, 0.4) is 0 Å². The van der Waals surface area contributed by atoms with Crippen LogP contribution in [-0.4, -0.2) is 20.7 Å². The number of alkyl halides is 1. The molecule has 2 aliphatic rings. The van der Waals surface area contributed by atoms with Crippen LogP contribution in [-0.2, 0) is 16.0 Å². The third kappa shape index (κ3) is 5.79. The van der Waals surface area contributed by atoms with Crippen LogP contribution in [0.5, 0.6) is 0 Å². The Morgan fingerprint density at radius 3 is 2.35 bits per heavy atom. The third-order valence-corrected chi connectivity index (χ3v) is 8.28. The molecule has 1 heterocycles. The minimum absolute atomic E-state index is 0.170. The smallest absolute Gasteiger partial charge is 0.197 e. The molecule has 0 bridgehead atoms. The van der Waals surface area contributed by atoms with E-state index in [1.165, 1.54) is 29.7 Å². The predicted molar refractivity (Wildman–Crippen MR) is 145 cm³/mol. The van der Waals surface area contributed by atoms with Crippen LogP contribution in [0.1, 0.15) is 61.8 Å². The van der Waals surface area contributed by atoms with Crippen molar-refractivity contribution in [1.29, 1.82) is 0 Å². The quantitative estimate of drug-likeness (QED) is 0.101. The monoisotopic (exact) mass is 564 g/mol. The highest BCUT2D eigenvalue weighted by Crippen LogP contribution is 2.38. The third-order valence-electron chi connectivity index (χ3n) is 5.41. The second-order valence-electron chi connectivity index (χ2n) is 8.03. The van der Waals surface area contributed by atoms with Crippen molar-refractivity contribution in [2.45, 2.75) is 56.3 Å². The molecule has 2 nitrogen and oxygen atoms in total. The molecule has 0 saturated heterocycles. The lowest BCUT2D eigenvalue weighted by molar-refractivity contribution is -0.115. The Bertz CT molecular complexity index is 978. The number of rotatable bonds is 9. The standard InChI is InChI=1S/C26H29IO2S2/c1-5-7-8-9-10-18-15-19(31-25(18)17(3)30-6-2)16-22-23(28)20-11-13-26(4,27)14-12-21(20)24(22)29/h11-16H,3,5-10H2,1-2,4H3. The summed E-state index contributed by atoms with van der Waals surface area (Å²) in [6, 6.07) is 2.15. The SMILES string of the molecule is C=C(SCC)c1sc(C=C2C(=O)C3=C(C=CC(C)(I)C=C3)C2=O)cc1CCCCCC. The summed E-state index contributed by atoms with van der Waals surface area (Å²) in [7, 11) is 0. The molecule has 0 aromatic carbocycles. The zero-order valence-corrected chi connectivity index (χ0v) is 22.2. The average Bonchev–Trinajstić information content (AvgIpc) is 3.16. The van der Waals surface area contributed by atoms with Gasteiger partial charge in [-0.25, -0.2) is 0 Å². The number of carbonyl (C=O) groups excluding carboxylic acids is 2. The fraction of sp³-hybridized carbons (Fsp3) is 0.385. The molecule has 0 aliphatic heterocycles. The van der Waals surface area contributed by atoms with Crippen molar-refractivity contribution in [2.75, 3.05) is 5.75 Å². The number of halogens is 1. The van der Waals surface area contributed by atoms with Crippen LogP contribution in [0, 0.1) is 0 Å². The molecule has 0 saturated carbocycles. The van der Waals surface area contributed by atoms with Crippen molar-refractivity contribution in [3.63, 3.8) is 0 Å². The highest BCUT2D eigenvalue weighted by molar-refractivity contribution is 14.1. The lowest BCUT2D eigenvalue weighted by atomic mass is 10.0. The second-order valence-corrected chi connectivity index (χ2v) is 12.8. The van der Waals surface area contributed by atoms with Crippen molar-refractivity contribution in [3.05, 3.63) is 69.0 Å². The molecule has 0 atom stereocenters. The number of unbranched alkanes of at least 4 members (excludes halogenated alkanes) is 3. The van der Waals surface area contributed by atoms with Crippen LogP contribution >= 0.6 is 45.7 Å². The Kier molecular flexibility index (Phi) is 8.38. The number of Topliss-reactive ketones (excluding diaryl/α,β-unsaturated/α-hetero) is 2. The fourth-order valence-electron chi connectivity index (χ4n) is 3.72. The maximum Gasteiger partial charge on any atom is 0.197 e. The van der Waals surface area contributed by atoms with Gasteiger partial charge in [-0.3, -0.25) is 9.59 Å². The fourth-order valence-corrected chi connectivity index (χ4v) is 6.01. The summed E-state index contributed by atoms with van der Waals surface area (Å²) in [6.07, 6.45) is 15.2. The first kappa shape index (κ1) is 24.5. The number of thiophene rings is 1. The number of thioether (sulfide) groups is 1. The molecular formula is C26H29IO2S2. The Hall–Kier alpha value is -1.18. The van der Waals surface area contributed by atoms with Gasteiger partial charge in [0.15, 0.2) is 11.6 Å². The summed E-state index contributed by atoms with van der Waals surface area (Å²) >= 11 is 5.70. The van der Waals surface area contributed by atoms with Gasteiger partial charge in [0.05, 0.1) is 8.99 Å². The molecule has 5 heteroatoms. The number of ketones is 2. The highest BCUT2D eigenvalue weighted by Gasteiger charge is 2.35. The van der Waals surface area contributed by atoms with Gasteiger partial charge in [0.2, 0.25) is 0 Å². The van der Waals surface area contributed by atoms with Gasteiger partial charge in [0.1, 0.15) is 0 Å². The van der Waals surface area contributed by atoms with Gasteiger partial charge in [-0.1, -0.05) is 86.6 Å². The van der Waals surface area contributed by atoms with Crippen LogP contribution < -0.4 is 0 Å². The van der Waals surface area contributed by atoms with Crippen molar-refractivity contribution < 1.29 is 9.59 Å². The number of hydrogen-bond donors (Lipinski definition) is 0. The molecule has 0 spiro atoms. The number of carbonyl (C=O) groups is 2. The lowest BCUT2D eigenvalue weighted by Crippen LogP contribution is -2.08. The topological polar surface area (TPSA) is 34.1 Å². The van der Waals surface area contributed by atoms with Gasteiger partial charge in [0.25, 0.3) is 0 Å². The van der Waals surface area contributed by atoms with Crippen molar-refractivity contribution in [1.82, 2.24) is 0 Å². The molecular weight excluding hydrogens is 535 g/mol. The number of allylic oxidation sites excluding steroid dienone is 7. The average molecular weight is 565 g/mol. The van der Waals surface area contributed by atoms with E-state index in [1.807, 2.05) is 31.2 Å². The summed E-state index contributed by atoms with van der Waals surface area (Å²) in [6.45, 7) is 10.7. The first-order valence-corrected chi connectivity index (χ1v) is 13.7. The molecule has 0 N–H and O–H groups in total. The maximum atomic E-state index is 13.0. The minimum atomic E-state index is -0.195. The Morgan fingerprint density at radius 1 is 1.13 bits per heavy atom. The van der Waals surface area contributed by atoms with Crippen molar-refractivity contribution in [2.24, 2.45) is 0 Å². The zero-order chi connectivity index (χ0) is 22.6. The second kappa shape index (κ2) is 10.6. The van der Waals surface area contributed by atoms with Crippen LogP contribution in [0.25, 0.3) is 11.0 Å². The van der Waals surface area contributed by atoms with E-state index in [-0.39, 0.29) is 20.6 Å². The first-order chi connectivity index (χ1) is 14.8. The molecule has 1 aromatic rings. The predicted octanol–water partition coefficient (Wildman–Crippen LogP) is 7.75. The van der Waals surface area contributed by atoms with Crippen LogP contribution in [0.4, 0.5) is 0 Å². The van der Waals surface area contributed by atoms with Crippen molar-refractivity contribution in [3.8, 4) is 0 Å². The van der Waals surface area contributed by atoms with Crippen molar-refractivity contribution >= 4 is 68.2 Å². The van der Waals surface area contributed by atoms with Gasteiger partial charge in [-0.15, -0.1) is 23.1 Å². The van der Waals surface area contributed by atoms with E-state index in [0.717, 1.165) is 28.4 Å². The van der Waals surface area contributed by atoms with Crippen LogP contribution in [0.15, 0.2) is 53.7 Å². The Labute approximate surface area is 207 Å². The molecule has 1 aromatic heterocycles. The van der Waals surface area contributed by atoms with Gasteiger partial charge >= 0.3 is 0 Å².